The maximum absolute atomic E-state index is 12.5. The van der Waals surface area contributed by atoms with Gasteiger partial charge in [0.2, 0.25) is 17.7 Å². The first-order valence-corrected chi connectivity index (χ1v) is 7.75. The number of likely N-dealkylation sites (tertiary alicyclic amines) is 1. The average Bonchev–Trinajstić information content (AvgIpc) is 3.16. The van der Waals surface area contributed by atoms with Crippen LogP contribution in [0.4, 0.5) is 0 Å². The molecule has 0 radical (unpaired) electrons. The molecule has 0 saturated carbocycles. The molecule has 23 heavy (non-hydrogen) atoms. The predicted octanol–water partition coefficient (Wildman–Crippen LogP) is -1.83. The maximum Gasteiger partial charge on any atom is 0.326 e. The number of carbonyl (C=O) groups is 4. The molecule has 5 N–H and O–H groups in total. The Hall–Kier alpha value is -2.16. The Morgan fingerprint density at radius 1 is 1.26 bits per heavy atom. The molecule has 3 atom stereocenters. The van der Waals surface area contributed by atoms with Gasteiger partial charge in [-0.05, 0) is 32.2 Å². The highest BCUT2D eigenvalue weighted by atomic mass is 16.4. The highest BCUT2D eigenvalue weighted by Gasteiger charge is 2.39. The molecule has 128 valence electrons. The van der Waals surface area contributed by atoms with Crippen molar-refractivity contribution in [1.82, 2.24) is 15.5 Å². The number of hydrogen-bond acceptors (Lipinski definition) is 5. The highest BCUT2D eigenvalue weighted by molar-refractivity contribution is 5.93. The van der Waals surface area contributed by atoms with Crippen LogP contribution in [0, 0.1) is 0 Å². The number of carboxylic acid groups (broad SMARTS) is 1. The summed E-state index contributed by atoms with van der Waals surface area (Å²) in [5.74, 6) is -2.82. The van der Waals surface area contributed by atoms with Crippen molar-refractivity contribution in [2.24, 2.45) is 5.73 Å². The van der Waals surface area contributed by atoms with Crippen LogP contribution in [0.3, 0.4) is 0 Å². The van der Waals surface area contributed by atoms with E-state index < -0.39 is 36.3 Å². The molecule has 2 rings (SSSR count). The van der Waals surface area contributed by atoms with E-state index in [1.54, 1.807) is 0 Å². The average molecular weight is 326 g/mol. The molecular weight excluding hydrogens is 304 g/mol. The first-order chi connectivity index (χ1) is 10.9. The van der Waals surface area contributed by atoms with Crippen LogP contribution in [0.25, 0.3) is 0 Å². The second-order valence-corrected chi connectivity index (χ2v) is 5.91. The third kappa shape index (κ3) is 4.19. The van der Waals surface area contributed by atoms with Crippen LogP contribution in [0.15, 0.2) is 0 Å². The Morgan fingerprint density at radius 3 is 2.57 bits per heavy atom. The fraction of sp³-hybridized carbons (Fsp3) is 0.714. The van der Waals surface area contributed by atoms with Gasteiger partial charge < -0.3 is 26.4 Å². The van der Waals surface area contributed by atoms with Crippen molar-refractivity contribution in [3.63, 3.8) is 0 Å². The van der Waals surface area contributed by atoms with Crippen molar-refractivity contribution in [2.45, 2.75) is 50.2 Å². The molecule has 0 aromatic rings. The van der Waals surface area contributed by atoms with Gasteiger partial charge in [0.15, 0.2) is 0 Å². The lowest BCUT2D eigenvalue weighted by molar-refractivity contribution is -0.145. The highest BCUT2D eigenvalue weighted by Crippen LogP contribution is 2.21. The molecule has 2 aliphatic rings. The summed E-state index contributed by atoms with van der Waals surface area (Å²) in [4.78, 5) is 48.3. The Kier molecular flexibility index (Phi) is 5.54. The number of nitrogens with two attached hydrogens (primary N) is 1. The minimum absolute atomic E-state index is 0.123. The smallest absolute Gasteiger partial charge is 0.326 e. The molecule has 2 aliphatic heterocycles. The second kappa shape index (κ2) is 7.40. The summed E-state index contributed by atoms with van der Waals surface area (Å²) in [6.45, 7) is 1.25. The van der Waals surface area contributed by atoms with Crippen LogP contribution in [-0.2, 0) is 19.2 Å². The lowest BCUT2D eigenvalue weighted by atomic mass is 10.1. The number of carboxylic acids is 1. The van der Waals surface area contributed by atoms with E-state index in [0.717, 1.165) is 19.4 Å². The van der Waals surface area contributed by atoms with E-state index in [9.17, 15) is 19.2 Å². The monoisotopic (exact) mass is 326 g/mol. The van der Waals surface area contributed by atoms with Crippen molar-refractivity contribution >= 4 is 23.7 Å². The Labute approximate surface area is 133 Å². The van der Waals surface area contributed by atoms with Gasteiger partial charge in [-0.25, -0.2) is 4.79 Å². The molecule has 0 aliphatic carbocycles. The van der Waals surface area contributed by atoms with Gasteiger partial charge in [0.25, 0.3) is 0 Å². The Bertz CT molecular complexity index is 503. The zero-order valence-electron chi connectivity index (χ0n) is 12.8. The van der Waals surface area contributed by atoms with Crippen molar-refractivity contribution in [3.8, 4) is 0 Å². The molecule has 0 aromatic carbocycles. The summed E-state index contributed by atoms with van der Waals surface area (Å²) in [7, 11) is 0. The molecule has 2 fully saturated rings. The number of nitrogens with zero attached hydrogens (tertiary/aromatic N) is 1. The summed E-state index contributed by atoms with van der Waals surface area (Å²) in [6, 6.07) is -2.34. The minimum Gasteiger partial charge on any atom is -0.480 e. The Balaban J connectivity index is 2.00. The van der Waals surface area contributed by atoms with E-state index >= 15 is 0 Å². The normalized spacial score (nSPS) is 25.1. The fourth-order valence-electron chi connectivity index (χ4n) is 3.07. The summed E-state index contributed by atoms with van der Waals surface area (Å²) < 4.78 is 0. The van der Waals surface area contributed by atoms with Gasteiger partial charge in [-0.3, -0.25) is 14.4 Å². The number of hydrogen-bond donors (Lipinski definition) is 4. The lowest BCUT2D eigenvalue weighted by Gasteiger charge is -2.27. The van der Waals surface area contributed by atoms with E-state index in [1.807, 2.05) is 0 Å². The van der Waals surface area contributed by atoms with Crippen LogP contribution >= 0.6 is 0 Å². The summed E-state index contributed by atoms with van der Waals surface area (Å²) in [5.41, 5.74) is 4.99. The summed E-state index contributed by atoms with van der Waals surface area (Å²) >= 11 is 0. The van der Waals surface area contributed by atoms with Gasteiger partial charge >= 0.3 is 5.97 Å². The third-order valence-corrected chi connectivity index (χ3v) is 4.22. The largest absolute Gasteiger partial charge is 0.480 e. The van der Waals surface area contributed by atoms with Crippen LogP contribution in [0.5, 0.6) is 0 Å². The quantitative estimate of drug-likeness (QED) is 0.452. The number of aliphatic carboxylic acids is 1. The van der Waals surface area contributed by atoms with Gasteiger partial charge in [0.05, 0.1) is 12.5 Å². The topological polar surface area (TPSA) is 142 Å². The minimum atomic E-state index is -1.37. The molecule has 0 spiro atoms. The lowest BCUT2D eigenvalue weighted by Crippen LogP contribution is -2.54. The molecular formula is C14H22N4O5. The van der Waals surface area contributed by atoms with Crippen LogP contribution in [0.1, 0.15) is 32.1 Å². The molecule has 9 heteroatoms. The molecule has 9 nitrogen and oxygen atoms in total. The van der Waals surface area contributed by atoms with E-state index in [-0.39, 0.29) is 11.9 Å². The first kappa shape index (κ1) is 17.2. The number of amides is 3. The van der Waals surface area contributed by atoms with E-state index in [1.165, 1.54) is 4.90 Å². The van der Waals surface area contributed by atoms with E-state index in [0.29, 0.717) is 19.4 Å². The summed E-state index contributed by atoms with van der Waals surface area (Å²) in [5, 5.41) is 14.5. The van der Waals surface area contributed by atoms with Crippen molar-refractivity contribution in [3.05, 3.63) is 0 Å². The third-order valence-electron chi connectivity index (χ3n) is 4.22. The SMILES string of the molecule is NC(=O)C[C@@H](NC(=O)[C@@H]1CCCN1C(=O)[C@@H]1CCCN1)C(=O)O. The number of carbonyl (C=O) groups excluding carboxylic acids is 3. The predicted molar refractivity (Wildman–Crippen MR) is 79.1 cm³/mol. The standard InChI is InChI=1S/C14H22N4O5/c15-11(19)7-9(14(22)23)17-12(20)10-4-2-6-18(10)13(21)8-3-1-5-16-8/h8-10,16H,1-7H2,(H2,15,19)(H,17,20)(H,22,23)/t8-,9+,10-/m0/s1. The van der Waals surface area contributed by atoms with Crippen molar-refractivity contribution in [2.75, 3.05) is 13.1 Å². The van der Waals surface area contributed by atoms with Crippen LogP contribution in [-0.4, -0.2) is 64.9 Å². The van der Waals surface area contributed by atoms with Gasteiger partial charge in [0.1, 0.15) is 12.1 Å². The second-order valence-electron chi connectivity index (χ2n) is 5.91. The summed E-state index contributed by atoms with van der Waals surface area (Å²) in [6.07, 6.45) is 2.34. The van der Waals surface area contributed by atoms with Crippen LogP contribution in [0.2, 0.25) is 0 Å². The van der Waals surface area contributed by atoms with Gasteiger partial charge in [-0.15, -0.1) is 0 Å². The molecule has 2 heterocycles. The van der Waals surface area contributed by atoms with Crippen molar-refractivity contribution < 1.29 is 24.3 Å². The number of nitrogens with one attached hydrogen (secondary N) is 2. The Morgan fingerprint density at radius 2 is 2.00 bits per heavy atom. The van der Waals surface area contributed by atoms with Gasteiger partial charge in [-0.1, -0.05) is 0 Å². The molecule has 0 bridgehead atoms. The van der Waals surface area contributed by atoms with Crippen LogP contribution < -0.4 is 16.4 Å². The van der Waals surface area contributed by atoms with E-state index in [2.05, 4.69) is 10.6 Å². The van der Waals surface area contributed by atoms with Gasteiger partial charge in [-0.2, -0.15) is 0 Å². The van der Waals surface area contributed by atoms with Crippen molar-refractivity contribution in [1.29, 1.82) is 0 Å². The number of primary amides is 1. The van der Waals surface area contributed by atoms with E-state index in [4.69, 9.17) is 10.8 Å². The molecule has 3 amide bonds. The zero-order chi connectivity index (χ0) is 17.0. The fourth-order valence-corrected chi connectivity index (χ4v) is 3.07. The molecule has 0 aromatic heterocycles. The zero-order valence-corrected chi connectivity index (χ0v) is 12.8. The van der Waals surface area contributed by atoms with Gasteiger partial charge in [0, 0.05) is 6.54 Å². The first-order valence-electron chi connectivity index (χ1n) is 7.75. The number of rotatable bonds is 6. The molecule has 0 unspecified atom stereocenters. The molecule has 2 saturated heterocycles. The maximum atomic E-state index is 12.5.